The average Bonchev–Trinajstić information content (AvgIpc) is 2.75. The van der Waals surface area contributed by atoms with Crippen LogP contribution in [0.5, 0.6) is 5.75 Å². The number of para-hydroxylation sites is 1. The van der Waals surface area contributed by atoms with Crippen LogP contribution >= 0.6 is 0 Å². The summed E-state index contributed by atoms with van der Waals surface area (Å²) >= 11 is 0. The fourth-order valence-electron chi connectivity index (χ4n) is 1.81. The summed E-state index contributed by atoms with van der Waals surface area (Å²) in [7, 11) is 0.310. The highest BCUT2D eigenvalue weighted by Crippen LogP contribution is 2.22. The van der Waals surface area contributed by atoms with Crippen LogP contribution in [0, 0.1) is 0 Å². The SMILES string of the molecule is Cn1nccc1/C=N\Cc1ccccc1O[Si](C)(C)C. The van der Waals surface area contributed by atoms with E-state index < -0.39 is 8.32 Å². The number of aryl methyl sites for hydroxylation is 1. The van der Waals surface area contributed by atoms with E-state index in [0.29, 0.717) is 6.54 Å². The quantitative estimate of drug-likeness (QED) is 0.625. The molecule has 0 saturated carbocycles. The summed E-state index contributed by atoms with van der Waals surface area (Å²) in [4.78, 5) is 4.49. The number of hydrogen-bond acceptors (Lipinski definition) is 3. The van der Waals surface area contributed by atoms with Gasteiger partial charge in [-0.15, -0.1) is 0 Å². The highest BCUT2D eigenvalue weighted by atomic mass is 28.4. The van der Waals surface area contributed by atoms with Crippen molar-refractivity contribution >= 4 is 14.5 Å². The first kappa shape index (κ1) is 14.5. The summed E-state index contributed by atoms with van der Waals surface area (Å²) < 4.78 is 7.89. The predicted molar refractivity (Wildman–Crippen MR) is 84.9 cm³/mol. The Morgan fingerprint density at radius 2 is 2.00 bits per heavy atom. The number of benzene rings is 1. The molecule has 0 aliphatic heterocycles. The van der Waals surface area contributed by atoms with Crippen molar-refractivity contribution in [1.29, 1.82) is 0 Å². The van der Waals surface area contributed by atoms with Gasteiger partial charge in [0, 0.05) is 25.0 Å². The molecule has 0 aliphatic carbocycles. The highest BCUT2D eigenvalue weighted by molar-refractivity contribution is 6.70. The first-order valence-electron chi connectivity index (χ1n) is 6.70. The van der Waals surface area contributed by atoms with Crippen LogP contribution < -0.4 is 4.43 Å². The van der Waals surface area contributed by atoms with Gasteiger partial charge in [0.15, 0.2) is 0 Å². The number of rotatable bonds is 5. The molecule has 2 rings (SSSR count). The van der Waals surface area contributed by atoms with Crippen molar-refractivity contribution in [3.8, 4) is 5.75 Å². The first-order chi connectivity index (χ1) is 9.46. The van der Waals surface area contributed by atoms with E-state index in [1.165, 1.54) is 0 Å². The Labute approximate surface area is 121 Å². The molecule has 0 bridgehead atoms. The lowest BCUT2D eigenvalue weighted by molar-refractivity contribution is 0.549. The van der Waals surface area contributed by atoms with Crippen molar-refractivity contribution in [3.05, 3.63) is 47.8 Å². The van der Waals surface area contributed by atoms with E-state index in [-0.39, 0.29) is 0 Å². The number of hydrogen-bond donors (Lipinski definition) is 0. The van der Waals surface area contributed by atoms with E-state index in [1.807, 2.05) is 37.5 Å². The van der Waals surface area contributed by atoms with Gasteiger partial charge in [-0.2, -0.15) is 5.10 Å². The zero-order chi connectivity index (χ0) is 14.6. The minimum Gasteiger partial charge on any atom is -0.544 e. The molecular formula is C15H21N3OSi. The van der Waals surface area contributed by atoms with E-state index in [4.69, 9.17) is 4.43 Å². The lowest BCUT2D eigenvalue weighted by Gasteiger charge is -2.21. The Kier molecular flexibility index (Phi) is 4.39. The van der Waals surface area contributed by atoms with Gasteiger partial charge in [0.1, 0.15) is 5.75 Å². The lowest BCUT2D eigenvalue weighted by Crippen LogP contribution is -2.29. The maximum absolute atomic E-state index is 6.09. The molecule has 0 amide bonds. The molecule has 5 heteroatoms. The molecule has 0 spiro atoms. The zero-order valence-electron chi connectivity index (χ0n) is 12.5. The van der Waals surface area contributed by atoms with Crippen molar-refractivity contribution in [3.63, 3.8) is 0 Å². The van der Waals surface area contributed by atoms with Crippen LogP contribution in [0.15, 0.2) is 41.5 Å². The molecule has 0 saturated heterocycles. The van der Waals surface area contributed by atoms with Crippen molar-refractivity contribution in [2.45, 2.75) is 26.2 Å². The third-order valence-corrected chi connectivity index (χ3v) is 3.57. The number of nitrogens with zero attached hydrogens (tertiary/aromatic N) is 3. The van der Waals surface area contributed by atoms with Crippen molar-refractivity contribution in [1.82, 2.24) is 9.78 Å². The van der Waals surface area contributed by atoms with Gasteiger partial charge in [-0.1, -0.05) is 18.2 Å². The molecule has 0 fully saturated rings. The van der Waals surface area contributed by atoms with Crippen molar-refractivity contribution in [2.24, 2.45) is 12.0 Å². The molecule has 0 unspecified atom stereocenters. The van der Waals surface area contributed by atoms with E-state index in [1.54, 1.807) is 10.9 Å². The fourth-order valence-corrected chi connectivity index (χ4v) is 2.67. The fraction of sp³-hybridized carbons (Fsp3) is 0.333. The molecule has 1 aromatic carbocycles. The second kappa shape index (κ2) is 6.05. The van der Waals surface area contributed by atoms with Gasteiger partial charge in [0.25, 0.3) is 0 Å². The molecule has 1 aromatic heterocycles. The van der Waals surface area contributed by atoms with Crippen LogP contribution in [-0.2, 0) is 13.6 Å². The largest absolute Gasteiger partial charge is 0.544 e. The summed E-state index contributed by atoms with van der Waals surface area (Å²) in [6.45, 7) is 7.17. The molecule has 20 heavy (non-hydrogen) atoms. The minimum atomic E-state index is -1.60. The first-order valence-corrected chi connectivity index (χ1v) is 10.1. The summed E-state index contributed by atoms with van der Waals surface area (Å²) in [5.74, 6) is 0.953. The Morgan fingerprint density at radius 3 is 2.65 bits per heavy atom. The molecule has 1 heterocycles. The molecule has 0 aliphatic rings. The third-order valence-electron chi connectivity index (χ3n) is 2.73. The molecule has 2 aromatic rings. The lowest BCUT2D eigenvalue weighted by atomic mass is 10.2. The van der Waals surface area contributed by atoms with Crippen LogP contribution in [0.1, 0.15) is 11.3 Å². The summed E-state index contributed by atoms with van der Waals surface area (Å²) in [6.07, 6.45) is 3.61. The van der Waals surface area contributed by atoms with Gasteiger partial charge in [-0.25, -0.2) is 0 Å². The smallest absolute Gasteiger partial charge is 0.242 e. The molecule has 0 N–H and O–H groups in total. The Bertz CT molecular complexity index is 599. The van der Waals surface area contributed by atoms with Gasteiger partial charge in [-0.05, 0) is 31.8 Å². The van der Waals surface area contributed by atoms with Crippen LogP contribution in [-0.4, -0.2) is 24.3 Å². The molecular weight excluding hydrogens is 266 g/mol. The number of aromatic nitrogens is 2. The standard InChI is InChI=1S/C15H21N3OSi/c1-18-14(9-10-17-18)12-16-11-13-7-5-6-8-15(13)19-20(2,3)4/h5-10,12H,11H2,1-4H3/b16-12-. The van der Waals surface area contributed by atoms with E-state index in [9.17, 15) is 0 Å². The summed E-state index contributed by atoms with van der Waals surface area (Å²) in [5.41, 5.74) is 2.11. The molecule has 106 valence electrons. The maximum atomic E-state index is 6.09. The maximum Gasteiger partial charge on any atom is 0.242 e. The van der Waals surface area contributed by atoms with Crippen molar-refractivity contribution in [2.75, 3.05) is 0 Å². The second-order valence-electron chi connectivity index (χ2n) is 5.67. The Morgan fingerprint density at radius 1 is 1.25 bits per heavy atom. The third kappa shape index (κ3) is 4.06. The van der Waals surface area contributed by atoms with E-state index in [0.717, 1.165) is 17.0 Å². The van der Waals surface area contributed by atoms with Gasteiger partial charge < -0.3 is 4.43 Å². The van der Waals surface area contributed by atoms with E-state index in [2.05, 4.69) is 35.8 Å². The van der Waals surface area contributed by atoms with Crippen LogP contribution in [0.25, 0.3) is 0 Å². The Balaban J connectivity index is 2.10. The van der Waals surface area contributed by atoms with Gasteiger partial charge in [-0.3, -0.25) is 9.67 Å². The van der Waals surface area contributed by atoms with E-state index >= 15 is 0 Å². The van der Waals surface area contributed by atoms with Crippen LogP contribution in [0.2, 0.25) is 19.6 Å². The minimum absolute atomic E-state index is 0.617. The van der Waals surface area contributed by atoms with Gasteiger partial charge in [0.05, 0.1) is 12.2 Å². The summed E-state index contributed by atoms with van der Waals surface area (Å²) in [5, 5.41) is 4.11. The highest BCUT2D eigenvalue weighted by Gasteiger charge is 2.17. The molecule has 0 atom stereocenters. The second-order valence-corrected chi connectivity index (χ2v) is 10.1. The normalized spacial score (nSPS) is 12.0. The van der Waals surface area contributed by atoms with Gasteiger partial charge >= 0.3 is 0 Å². The van der Waals surface area contributed by atoms with Crippen LogP contribution in [0.3, 0.4) is 0 Å². The molecule has 0 radical (unpaired) electrons. The number of aliphatic imine (C=N–C) groups is 1. The zero-order valence-corrected chi connectivity index (χ0v) is 13.5. The van der Waals surface area contributed by atoms with Crippen LogP contribution in [0.4, 0.5) is 0 Å². The Hall–Kier alpha value is -1.88. The topological polar surface area (TPSA) is 39.4 Å². The predicted octanol–water partition coefficient (Wildman–Crippen LogP) is 3.25. The summed E-state index contributed by atoms with van der Waals surface area (Å²) in [6, 6.07) is 10.0. The van der Waals surface area contributed by atoms with Gasteiger partial charge in [0.2, 0.25) is 8.32 Å². The monoisotopic (exact) mass is 287 g/mol. The molecule has 4 nitrogen and oxygen atoms in total. The van der Waals surface area contributed by atoms with Crippen molar-refractivity contribution < 1.29 is 4.43 Å². The average molecular weight is 287 g/mol.